The summed E-state index contributed by atoms with van der Waals surface area (Å²) in [6.45, 7) is 3.96. The Morgan fingerprint density at radius 1 is 0.940 bits per heavy atom. The van der Waals surface area contributed by atoms with E-state index in [2.05, 4.69) is 30.6 Å². The lowest BCUT2D eigenvalue weighted by atomic mass is 9.85. The number of halogens is 4. The summed E-state index contributed by atoms with van der Waals surface area (Å²) in [5.41, 5.74) is 0.350. The molecule has 3 aromatic heterocycles. The van der Waals surface area contributed by atoms with E-state index in [0.29, 0.717) is 86.8 Å². The molecule has 4 aromatic rings. The van der Waals surface area contributed by atoms with Gasteiger partial charge in [-0.1, -0.05) is 0 Å². The van der Waals surface area contributed by atoms with Gasteiger partial charge >= 0.3 is 6.03 Å². The van der Waals surface area contributed by atoms with E-state index in [4.69, 9.17) is 9.72 Å². The molecule has 3 atom stereocenters. The zero-order valence-electron chi connectivity index (χ0n) is 36.4. The van der Waals surface area contributed by atoms with Crippen LogP contribution in [0.2, 0.25) is 0 Å². The maximum Gasteiger partial charge on any atom is 0.343 e. The predicted octanol–water partition coefficient (Wildman–Crippen LogP) is 3.81. The molecule has 6 fully saturated rings. The number of fused-ring (bicyclic) bond motifs is 4. The second kappa shape index (κ2) is 16.8. The number of piperidine rings is 1. The number of hydrogen-bond acceptors (Lipinski definition) is 13. The lowest BCUT2D eigenvalue weighted by molar-refractivity contribution is -0.122. The van der Waals surface area contributed by atoms with Gasteiger partial charge in [-0.15, -0.1) is 0 Å². The second-order valence-electron chi connectivity index (χ2n) is 18.6. The average molecular weight is 932 g/mol. The molecule has 1 aromatic carbocycles. The van der Waals surface area contributed by atoms with E-state index in [0.717, 1.165) is 30.8 Å². The van der Waals surface area contributed by atoms with Crippen molar-refractivity contribution in [3.8, 4) is 0 Å². The molecule has 7 aliphatic rings. The van der Waals surface area contributed by atoms with Crippen LogP contribution in [0.3, 0.4) is 0 Å². The van der Waals surface area contributed by atoms with Crippen LogP contribution in [0.4, 0.5) is 39.5 Å². The normalized spacial score (nSPS) is 26.9. The van der Waals surface area contributed by atoms with Crippen LogP contribution >= 0.6 is 0 Å². The topological polar surface area (TPSA) is 186 Å². The highest BCUT2D eigenvalue weighted by atomic mass is 19.3. The standard InChI is InChI=1S/C44H49F4N13O6/c45-38(46)37-33(50-40(63)32-19-49-58-11-8-35(51-39(32)58)57-21-29-17-28(57)23-67-29)22-59(53-37)26-3-1-25(2-4-26)20-54-13-15-55(16-14-54)34-7-10-56(24-44(34,47)48)27-5-6-30-31(18-27)42(65)61(41(30)64)60-12-9-36(62)52-43(60)66/h5-6,8,11,18-19,22,25-26,28-29,34,38H,1-4,7,9-10,12-17,20-21,23-24H2,(H,50,63)(H,52,62,66)/t25?,26?,28-,29-,34-/m1/s1. The van der Waals surface area contributed by atoms with Crippen LogP contribution in [0.25, 0.3) is 5.65 Å². The van der Waals surface area contributed by atoms with E-state index in [9.17, 15) is 32.8 Å². The summed E-state index contributed by atoms with van der Waals surface area (Å²) >= 11 is 0. The Hall–Kier alpha value is -6.20. The van der Waals surface area contributed by atoms with Crippen LogP contribution in [0.15, 0.2) is 42.9 Å². The number of imide groups is 2. The average Bonchev–Trinajstić information content (AvgIpc) is 4.17. The smallest absolute Gasteiger partial charge is 0.343 e. The zero-order valence-corrected chi connectivity index (χ0v) is 36.4. The number of amides is 6. The molecule has 1 aliphatic carbocycles. The van der Waals surface area contributed by atoms with Gasteiger partial charge in [-0.05, 0) is 68.7 Å². The number of morpholine rings is 1. The largest absolute Gasteiger partial charge is 0.374 e. The lowest BCUT2D eigenvalue weighted by Gasteiger charge is -2.47. The van der Waals surface area contributed by atoms with Gasteiger partial charge in [0.15, 0.2) is 11.3 Å². The first-order valence-electron chi connectivity index (χ1n) is 22.9. The van der Waals surface area contributed by atoms with Crippen molar-refractivity contribution < 1.29 is 46.3 Å². The molecule has 9 heterocycles. The molecule has 354 valence electrons. The van der Waals surface area contributed by atoms with E-state index >= 15 is 8.78 Å². The Labute approximate surface area is 380 Å². The number of hydrazine groups is 1. The van der Waals surface area contributed by atoms with Crippen LogP contribution in [0.5, 0.6) is 0 Å². The zero-order chi connectivity index (χ0) is 46.3. The van der Waals surface area contributed by atoms with Gasteiger partial charge < -0.3 is 24.8 Å². The van der Waals surface area contributed by atoms with Crippen molar-refractivity contribution in [3.05, 3.63) is 65.2 Å². The first kappa shape index (κ1) is 43.4. The Morgan fingerprint density at radius 3 is 2.45 bits per heavy atom. The minimum absolute atomic E-state index is 0.00714. The number of nitrogens with one attached hydrogen (secondary N) is 2. The van der Waals surface area contributed by atoms with E-state index in [1.807, 2.05) is 11.0 Å². The third-order valence-corrected chi connectivity index (χ3v) is 14.6. The summed E-state index contributed by atoms with van der Waals surface area (Å²) in [7, 11) is 0. The van der Waals surface area contributed by atoms with Crippen LogP contribution < -0.4 is 20.4 Å². The molecule has 0 spiro atoms. The molecular formula is C44H49F4N13O6. The van der Waals surface area contributed by atoms with Crippen LogP contribution in [-0.2, 0) is 9.53 Å². The first-order valence-corrected chi connectivity index (χ1v) is 22.9. The van der Waals surface area contributed by atoms with Crippen LogP contribution in [0, 0.1) is 5.92 Å². The van der Waals surface area contributed by atoms with Crippen LogP contribution in [0.1, 0.15) is 94.2 Å². The van der Waals surface area contributed by atoms with Crippen molar-refractivity contribution in [3.63, 3.8) is 0 Å². The Kier molecular flexibility index (Phi) is 10.9. The number of hydrogen-bond donors (Lipinski definition) is 2. The molecular weight excluding hydrogens is 883 g/mol. The highest BCUT2D eigenvalue weighted by Gasteiger charge is 2.49. The monoisotopic (exact) mass is 931 g/mol. The molecule has 2 N–H and O–H groups in total. The molecule has 11 rings (SSSR count). The Balaban J connectivity index is 0.661. The molecule has 6 amide bonds. The number of carbonyl (C=O) groups is 5. The molecule has 1 saturated carbocycles. The van der Waals surface area contributed by atoms with Gasteiger partial charge in [0.25, 0.3) is 30.1 Å². The van der Waals surface area contributed by atoms with Crippen molar-refractivity contribution in [1.82, 2.24) is 49.5 Å². The fourth-order valence-corrected chi connectivity index (χ4v) is 11.1. The highest BCUT2D eigenvalue weighted by Crippen LogP contribution is 2.39. The van der Waals surface area contributed by atoms with Crippen LogP contribution in [-0.4, -0.2) is 163 Å². The van der Waals surface area contributed by atoms with Gasteiger partial charge in [-0.25, -0.2) is 36.9 Å². The van der Waals surface area contributed by atoms with Crippen molar-refractivity contribution >= 4 is 52.5 Å². The summed E-state index contributed by atoms with van der Waals surface area (Å²) in [5, 5.41) is 14.9. The van der Waals surface area contributed by atoms with Gasteiger partial charge in [0.1, 0.15) is 11.4 Å². The number of urea groups is 1. The third-order valence-electron chi connectivity index (χ3n) is 14.6. The van der Waals surface area contributed by atoms with E-state index < -0.39 is 60.3 Å². The molecule has 0 unspecified atom stereocenters. The number of anilines is 3. The number of carbonyl (C=O) groups excluding carboxylic acids is 5. The van der Waals surface area contributed by atoms with Gasteiger partial charge in [0, 0.05) is 70.3 Å². The summed E-state index contributed by atoms with van der Waals surface area (Å²) in [5.74, 6) is -4.63. The first-order chi connectivity index (χ1) is 32.3. The fraction of sp³-hybridized carbons (Fsp3) is 0.545. The number of rotatable bonds is 10. The predicted molar refractivity (Wildman–Crippen MR) is 230 cm³/mol. The van der Waals surface area contributed by atoms with Crippen molar-refractivity contribution in [1.29, 1.82) is 0 Å². The number of aromatic nitrogens is 5. The molecule has 6 aliphatic heterocycles. The van der Waals surface area contributed by atoms with Crippen molar-refractivity contribution in [2.75, 3.05) is 80.6 Å². The van der Waals surface area contributed by atoms with Crippen molar-refractivity contribution in [2.45, 2.75) is 81.5 Å². The number of benzene rings is 1. The third kappa shape index (κ3) is 7.92. The molecule has 67 heavy (non-hydrogen) atoms. The molecule has 23 heteroatoms. The summed E-state index contributed by atoms with van der Waals surface area (Å²) in [4.78, 5) is 76.6. The quantitative estimate of drug-likeness (QED) is 0.173. The SMILES string of the molecule is O=C1CCN(N2C(=O)c3ccc(N4CC[C@@H](N5CCN(CC6CCC(n7cc(NC(=O)c8cnn9ccc(N%10C[C@H]%11C[C@@H]%10CO%11)nc89)c(C(F)F)n7)CC6)CC5)C(F)(F)C4)cc3C2=O)C(=O)N1. The van der Waals surface area contributed by atoms with Gasteiger partial charge in [0.05, 0.1) is 66.9 Å². The number of alkyl halides is 4. The van der Waals surface area contributed by atoms with Gasteiger partial charge in [-0.3, -0.25) is 34.1 Å². The van der Waals surface area contributed by atoms with E-state index in [-0.39, 0.29) is 60.0 Å². The van der Waals surface area contributed by atoms with Crippen molar-refractivity contribution in [2.24, 2.45) is 5.92 Å². The summed E-state index contributed by atoms with van der Waals surface area (Å²) in [6.07, 6.45) is 5.97. The minimum Gasteiger partial charge on any atom is -0.374 e. The molecule has 5 saturated heterocycles. The second-order valence-corrected chi connectivity index (χ2v) is 18.6. The highest BCUT2D eigenvalue weighted by molar-refractivity contribution is 6.22. The Morgan fingerprint density at radius 2 is 1.73 bits per heavy atom. The minimum atomic E-state index is -3.07. The van der Waals surface area contributed by atoms with Gasteiger partial charge in [-0.2, -0.15) is 15.2 Å². The molecule has 2 bridgehead atoms. The summed E-state index contributed by atoms with van der Waals surface area (Å²) in [6, 6.07) is 4.45. The summed E-state index contributed by atoms with van der Waals surface area (Å²) < 4.78 is 69.4. The van der Waals surface area contributed by atoms with Gasteiger partial charge in [0.2, 0.25) is 5.91 Å². The fourth-order valence-electron chi connectivity index (χ4n) is 11.1. The Bertz CT molecular complexity index is 2650. The maximum absolute atomic E-state index is 16.0. The number of nitrogens with zero attached hydrogens (tertiary/aromatic N) is 11. The maximum atomic E-state index is 16.0. The number of piperazine rings is 1. The molecule has 0 radical (unpaired) electrons. The number of ether oxygens (including phenoxy) is 1. The molecule has 19 nitrogen and oxygen atoms in total. The lowest BCUT2D eigenvalue weighted by Crippen LogP contribution is -2.62. The van der Waals surface area contributed by atoms with E-state index in [1.54, 1.807) is 10.9 Å². The van der Waals surface area contributed by atoms with E-state index in [1.165, 1.54) is 40.0 Å².